The Bertz CT molecular complexity index is 1800. The van der Waals surface area contributed by atoms with Crippen LogP contribution in [0, 0.1) is 58.2 Å². The molecule has 2 aromatic heterocycles. The van der Waals surface area contributed by atoms with Gasteiger partial charge in [0, 0.05) is 11.4 Å². The van der Waals surface area contributed by atoms with Crippen LogP contribution in [0.25, 0.3) is 33.5 Å². The van der Waals surface area contributed by atoms with Crippen molar-refractivity contribution in [2.24, 2.45) is 14.1 Å². The summed E-state index contributed by atoms with van der Waals surface area (Å²) in [4.78, 5) is 0. The second kappa shape index (κ2) is 13.7. The van der Waals surface area contributed by atoms with E-state index in [1.165, 1.54) is 44.6 Å². The topological polar surface area (TPSA) is 41.4 Å². The third-order valence-corrected chi connectivity index (χ3v) is 8.80. The minimum atomic E-state index is 0. The fraction of sp³-hybridized carbons (Fsp3) is 0.395. The van der Waals surface area contributed by atoms with Crippen molar-refractivity contribution < 1.29 is 30.2 Å². The molecule has 0 saturated carbocycles. The van der Waals surface area contributed by atoms with Crippen molar-refractivity contribution in [2.45, 2.75) is 87.0 Å². The van der Waals surface area contributed by atoms with Crippen LogP contribution in [0.5, 0.6) is 0 Å². The first-order valence-corrected chi connectivity index (χ1v) is 15.1. The first-order valence-electron chi connectivity index (χ1n) is 15.1. The summed E-state index contributed by atoms with van der Waals surface area (Å²) in [7, 11) is 4.13. The van der Waals surface area contributed by atoms with Crippen LogP contribution in [-0.4, -0.2) is 9.13 Å². The first-order chi connectivity index (χ1) is 20.3. The molecule has 44 heavy (non-hydrogen) atoms. The number of hydrogen-bond donors (Lipinski definition) is 0. The van der Waals surface area contributed by atoms with Gasteiger partial charge in [-0.25, -0.2) is 0 Å². The summed E-state index contributed by atoms with van der Waals surface area (Å²) in [6, 6.07) is 17.8. The van der Waals surface area contributed by atoms with Gasteiger partial charge in [-0.15, -0.1) is 5.56 Å². The van der Waals surface area contributed by atoms with Crippen LogP contribution >= 0.6 is 0 Å². The molecule has 0 unspecified atom stereocenters. The summed E-state index contributed by atoms with van der Waals surface area (Å²) < 4.78 is 8.48. The summed E-state index contributed by atoms with van der Waals surface area (Å²) in [6.45, 7) is 27.2. The molecule has 6 heteroatoms. The van der Waals surface area contributed by atoms with Gasteiger partial charge in [-0.1, -0.05) is 88.3 Å². The molecule has 0 N–H and O–H groups in total. The van der Waals surface area contributed by atoms with E-state index in [9.17, 15) is 0 Å². The standard InChI is InChI=1S/C37H45N4.CN.Pt/c1-22(2)29-17-33(23(3)4)37(34(18-29)24(5)6)30-15-31(40-20-38(11)27(9)28(40)10)19-32(16-30)41-21-39(12)35-13-25(7)26(8)14-36(35)41;1-2;/h13-18,22-24H,1-12H3;;/q2*-1;+4. The zero-order valence-electron chi connectivity index (χ0n) is 28.2. The third kappa shape index (κ3) is 6.33. The number of rotatable bonds is 6. The Kier molecular flexibility index (Phi) is 10.9. The van der Waals surface area contributed by atoms with Gasteiger partial charge in [0.1, 0.15) is 0 Å². The van der Waals surface area contributed by atoms with E-state index in [4.69, 9.17) is 11.8 Å². The molecule has 0 fully saturated rings. The Morgan fingerprint density at radius 3 is 1.66 bits per heavy atom. The zero-order valence-corrected chi connectivity index (χ0v) is 30.5. The van der Waals surface area contributed by atoms with E-state index in [1.54, 1.807) is 0 Å². The van der Waals surface area contributed by atoms with Crippen molar-refractivity contribution in [3.05, 3.63) is 101 Å². The molecule has 0 spiro atoms. The molecule has 0 aliphatic heterocycles. The molecular weight excluding hydrogens is 722 g/mol. The second-order valence-electron chi connectivity index (χ2n) is 12.8. The fourth-order valence-electron chi connectivity index (χ4n) is 5.83. The first kappa shape index (κ1) is 35.0. The van der Waals surface area contributed by atoms with Crippen molar-refractivity contribution >= 4 is 11.0 Å². The van der Waals surface area contributed by atoms with E-state index in [0.29, 0.717) is 17.8 Å². The van der Waals surface area contributed by atoms with E-state index in [2.05, 4.69) is 157 Å². The van der Waals surface area contributed by atoms with E-state index in [-0.39, 0.29) is 21.1 Å². The van der Waals surface area contributed by atoms with Crippen molar-refractivity contribution in [3.63, 3.8) is 0 Å². The van der Waals surface area contributed by atoms with Gasteiger partial charge in [0.25, 0.3) is 0 Å². The second-order valence-corrected chi connectivity index (χ2v) is 12.8. The Morgan fingerprint density at radius 1 is 0.682 bits per heavy atom. The number of imidazole rings is 2. The zero-order chi connectivity index (χ0) is 31.9. The van der Waals surface area contributed by atoms with Crippen molar-refractivity contribution in [1.82, 2.24) is 9.13 Å². The molecule has 5 aromatic rings. The summed E-state index contributed by atoms with van der Waals surface area (Å²) in [5.74, 6) is 1.25. The Morgan fingerprint density at radius 2 is 1.18 bits per heavy atom. The predicted octanol–water partition coefficient (Wildman–Crippen LogP) is 7.84. The minimum absolute atomic E-state index is 0. The minimum Gasteiger partial charge on any atom is -0.512 e. The van der Waals surface area contributed by atoms with Gasteiger partial charge >= 0.3 is 21.1 Å². The van der Waals surface area contributed by atoms with Gasteiger partial charge in [-0.3, -0.25) is 0 Å². The third-order valence-electron chi connectivity index (χ3n) is 8.80. The maximum Gasteiger partial charge on any atom is 4.00 e. The molecule has 0 saturated heterocycles. The number of aryl methyl sites for hydroxylation is 4. The Labute approximate surface area is 279 Å². The average molecular weight is 767 g/mol. The van der Waals surface area contributed by atoms with Crippen LogP contribution in [0.15, 0.2) is 36.4 Å². The van der Waals surface area contributed by atoms with Crippen molar-refractivity contribution in [2.75, 3.05) is 0 Å². The normalized spacial score (nSPS) is 11.3. The summed E-state index contributed by atoms with van der Waals surface area (Å²) >= 11 is 0. The summed E-state index contributed by atoms with van der Waals surface area (Å²) in [5, 5.41) is 6.25. The molecule has 5 nitrogen and oxygen atoms in total. The van der Waals surface area contributed by atoms with E-state index < -0.39 is 0 Å². The number of benzene rings is 3. The largest absolute Gasteiger partial charge is 4.00 e. The Hall–Kier alpha value is -3.48. The van der Waals surface area contributed by atoms with E-state index >= 15 is 0 Å². The smallest absolute Gasteiger partial charge is 0.512 e. The van der Waals surface area contributed by atoms with Gasteiger partial charge in [-0.2, -0.15) is 18.2 Å². The molecule has 0 aliphatic rings. The Balaban J connectivity index is 0.00000173. The number of aromatic nitrogens is 4. The van der Waals surface area contributed by atoms with Gasteiger partial charge in [-0.05, 0) is 67.7 Å². The maximum absolute atomic E-state index is 6.25. The summed E-state index contributed by atoms with van der Waals surface area (Å²) in [6.07, 6.45) is 7.11. The van der Waals surface area contributed by atoms with Crippen LogP contribution in [0.4, 0.5) is 0 Å². The molecule has 0 amide bonds. The molecule has 230 valence electrons. The van der Waals surface area contributed by atoms with Crippen LogP contribution in [0.3, 0.4) is 0 Å². The molecule has 0 radical (unpaired) electrons. The van der Waals surface area contributed by atoms with Crippen molar-refractivity contribution in [3.8, 4) is 22.5 Å². The van der Waals surface area contributed by atoms with Gasteiger partial charge in [0.2, 0.25) is 12.7 Å². The molecule has 0 bridgehead atoms. The molecule has 3 aromatic carbocycles. The summed E-state index contributed by atoms with van der Waals surface area (Å²) in [5.41, 5.74) is 15.9. The number of fused-ring (bicyclic) bond motifs is 1. The molecule has 0 aliphatic carbocycles. The molecule has 0 atom stereocenters. The predicted molar refractivity (Wildman–Crippen MR) is 173 cm³/mol. The number of hydrogen-bond acceptors (Lipinski definition) is 1. The molecule has 2 heterocycles. The molecule has 5 rings (SSSR count). The van der Waals surface area contributed by atoms with Gasteiger partial charge in [0.05, 0.1) is 25.1 Å². The van der Waals surface area contributed by atoms with Gasteiger partial charge < -0.3 is 30.1 Å². The van der Waals surface area contributed by atoms with Gasteiger partial charge in [0.15, 0.2) is 0 Å². The van der Waals surface area contributed by atoms with Crippen LogP contribution in [0.1, 0.15) is 98.5 Å². The monoisotopic (exact) mass is 766 g/mol. The number of nitrogens with zero attached hydrogens (tertiary/aromatic N) is 5. The average Bonchev–Trinajstić information content (AvgIpc) is 3.43. The van der Waals surface area contributed by atoms with Crippen LogP contribution in [-0.2, 0) is 35.2 Å². The fourth-order valence-corrected chi connectivity index (χ4v) is 5.83. The van der Waals surface area contributed by atoms with Crippen LogP contribution < -0.4 is 9.13 Å². The SMILES string of the molecule is Cc1cc2c(cc1C)[n+](-c1[c-]c(-[n+]3[c-]n(C)c(C)c3C)cc(-c3c(C(C)C)cc(C(C)C)cc3C(C)C)c1)[c-]n2C.[C-]#N.[Pt+4]. The maximum atomic E-state index is 6.25. The van der Waals surface area contributed by atoms with Crippen LogP contribution in [0.2, 0.25) is 0 Å². The van der Waals surface area contributed by atoms with Crippen molar-refractivity contribution in [1.29, 1.82) is 5.26 Å². The van der Waals surface area contributed by atoms with E-state index in [1.807, 2.05) is 0 Å². The molecular formula is C38H45N5Pt+2. The quantitative estimate of drug-likeness (QED) is 0.128. The van der Waals surface area contributed by atoms with E-state index in [0.717, 1.165) is 28.1 Å².